The summed E-state index contributed by atoms with van der Waals surface area (Å²) in [5.41, 5.74) is -0.554. The Bertz CT molecular complexity index is 428. The van der Waals surface area contributed by atoms with E-state index < -0.39 is 11.7 Å². The first-order valence-electron chi connectivity index (χ1n) is 3.64. The summed E-state index contributed by atoms with van der Waals surface area (Å²) in [7, 11) is 0. The van der Waals surface area contributed by atoms with Crippen molar-refractivity contribution in [1.29, 1.82) is 0 Å². The average Bonchev–Trinajstić information content (AvgIpc) is 2.48. The van der Waals surface area contributed by atoms with Crippen LogP contribution in [-0.2, 0) is 6.18 Å². The lowest BCUT2D eigenvalue weighted by molar-refractivity contribution is -0.136. The van der Waals surface area contributed by atoms with Gasteiger partial charge in [-0.05, 0) is 12.1 Å². The van der Waals surface area contributed by atoms with E-state index in [0.717, 1.165) is 6.07 Å². The lowest BCUT2D eigenvalue weighted by Gasteiger charge is -2.06. The van der Waals surface area contributed by atoms with Crippen LogP contribution in [0.15, 0.2) is 24.3 Å². The number of halogens is 3. The summed E-state index contributed by atoms with van der Waals surface area (Å²) in [6.07, 6.45) is -1.78. The molecule has 0 unspecified atom stereocenters. The zero-order chi connectivity index (χ0) is 9.47. The Hall–Kier alpha value is -1.45. The van der Waals surface area contributed by atoms with Crippen molar-refractivity contribution in [2.24, 2.45) is 0 Å². The Morgan fingerprint density at radius 3 is 2.69 bits per heavy atom. The van der Waals surface area contributed by atoms with Gasteiger partial charge in [0.2, 0.25) is 0 Å². The molecule has 1 aromatic carbocycles. The smallest absolute Gasteiger partial charge is 0.353 e. The van der Waals surface area contributed by atoms with Crippen molar-refractivity contribution in [3.8, 4) is 0 Å². The number of aromatic nitrogens is 1. The van der Waals surface area contributed by atoms with Gasteiger partial charge in [-0.2, -0.15) is 13.2 Å². The molecule has 1 nitrogen and oxygen atoms in total. The highest BCUT2D eigenvalue weighted by Gasteiger charge is 2.32. The number of alkyl halides is 3. The van der Waals surface area contributed by atoms with E-state index in [1.165, 1.54) is 12.1 Å². The summed E-state index contributed by atoms with van der Waals surface area (Å²) < 4.78 is 37.1. The van der Waals surface area contributed by atoms with Gasteiger partial charge in [0.25, 0.3) is 0 Å². The van der Waals surface area contributed by atoms with Gasteiger partial charge in [-0.25, -0.2) is 0 Å². The minimum atomic E-state index is -4.31. The van der Waals surface area contributed by atoms with Crippen LogP contribution in [0.5, 0.6) is 0 Å². The first kappa shape index (κ1) is 8.16. The molecule has 1 radical (unpaired) electrons. The maximum atomic E-state index is 12.4. The molecule has 0 saturated carbocycles. The molecule has 1 aromatic heterocycles. The van der Waals surface area contributed by atoms with E-state index in [-0.39, 0.29) is 5.52 Å². The fourth-order valence-electron chi connectivity index (χ4n) is 1.25. The second-order valence-electron chi connectivity index (χ2n) is 2.68. The SMILES string of the molecule is FC(F)(F)c1cccc2c[c][nH]c12. The molecule has 0 aliphatic rings. The third-order valence-corrected chi connectivity index (χ3v) is 1.83. The van der Waals surface area contributed by atoms with Crippen molar-refractivity contribution < 1.29 is 13.2 Å². The lowest BCUT2D eigenvalue weighted by atomic mass is 10.1. The molecule has 4 heteroatoms. The van der Waals surface area contributed by atoms with Crippen LogP contribution < -0.4 is 0 Å². The predicted octanol–water partition coefficient (Wildman–Crippen LogP) is 2.99. The Labute approximate surface area is 72.2 Å². The Morgan fingerprint density at radius 1 is 1.23 bits per heavy atom. The molecule has 1 N–H and O–H groups in total. The second-order valence-corrected chi connectivity index (χ2v) is 2.68. The second kappa shape index (κ2) is 2.52. The summed E-state index contributed by atoms with van der Waals surface area (Å²) in [5, 5.41) is 0.523. The summed E-state index contributed by atoms with van der Waals surface area (Å²) >= 11 is 0. The van der Waals surface area contributed by atoms with Crippen LogP contribution in [0.2, 0.25) is 0 Å². The van der Waals surface area contributed by atoms with Gasteiger partial charge in [-0.3, -0.25) is 0 Å². The quantitative estimate of drug-likeness (QED) is 0.647. The molecule has 0 spiro atoms. The van der Waals surface area contributed by atoms with Crippen LogP contribution in [0, 0.1) is 6.20 Å². The summed E-state index contributed by atoms with van der Waals surface area (Å²) in [5.74, 6) is 0. The minimum Gasteiger partial charge on any atom is -0.353 e. The van der Waals surface area contributed by atoms with E-state index in [9.17, 15) is 13.2 Å². The van der Waals surface area contributed by atoms with Crippen molar-refractivity contribution in [3.63, 3.8) is 0 Å². The summed E-state index contributed by atoms with van der Waals surface area (Å²) in [6, 6.07) is 5.53. The number of H-pyrrole nitrogens is 1. The van der Waals surface area contributed by atoms with E-state index in [4.69, 9.17) is 0 Å². The Morgan fingerprint density at radius 2 is 2.00 bits per heavy atom. The third kappa shape index (κ3) is 1.28. The zero-order valence-electron chi connectivity index (χ0n) is 6.44. The van der Waals surface area contributed by atoms with Crippen LogP contribution in [0.25, 0.3) is 10.9 Å². The fourth-order valence-corrected chi connectivity index (χ4v) is 1.25. The monoisotopic (exact) mass is 184 g/mol. The number of benzene rings is 1. The van der Waals surface area contributed by atoms with Crippen molar-refractivity contribution >= 4 is 10.9 Å². The molecule has 13 heavy (non-hydrogen) atoms. The van der Waals surface area contributed by atoms with Crippen LogP contribution in [-0.4, -0.2) is 4.98 Å². The van der Waals surface area contributed by atoms with Crippen LogP contribution in [0.4, 0.5) is 13.2 Å². The predicted molar refractivity (Wildman–Crippen MR) is 42.1 cm³/mol. The Balaban J connectivity index is 2.75. The van der Waals surface area contributed by atoms with Crippen LogP contribution in [0.1, 0.15) is 5.56 Å². The van der Waals surface area contributed by atoms with Crippen molar-refractivity contribution in [1.82, 2.24) is 4.98 Å². The Kier molecular flexibility index (Phi) is 1.58. The lowest BCUT2D eigenvalue weighted by Crippen LogP contribution is -2.05. The van der Waals surface area contributed by atoms with Crippen LogP contribution in [0.3, 0.4) is 0 Å². The van der Waals surface area contributed by atoms with Gasteiger partial charge in [0.1, 0.15) is 0 Å². The normalized spacial score (nSPS) is 12.2. The van der Waals surface area contributed by atoms with E-state index in [1.807, 2.05) is 0 Å². The standard InChI is InChI=1S/C9H5F3N/c10-9(11,12)7-3-1-2-6-4-5-13-8(6)7/h1-4,13H. The summed E-state index contributed by atoms with van der Waals surface area (Å²) in [4.78, 5) is 2.45. The fraction of sp³-hybridized carbons (Fsp3) is 0.111. The highest BCUT2D eigenvalue weighted by atomic mass is 19.4. The number of hydrogen-bond donors (Lipinski definition) is 1. The molecule has 0 saturated heterocycles. The maximum Gasteiger partial charge on any atom is 0.418 e. The first-order valence-corrected chi connectivity index (χ1v) is 3.64. The van der Waals surface area contributed by atoms with Crippen molar-refractivity contribution in [2.75, 3.05) is 0 Å². The average molecular weight is 184 g/mol. The van der Waals surface area contributed by atoms with E-state index in [2.05, 4.69) is 11.2 Å². The van der Waals surface area contributed by atoms with Crippen molar-refractivity contribution in [3.05, 3.63) is 36.0 Å². The van der Waals surface area contributed by atoms with Gasteiger partial charge in [0.15, 0.2) is 0 Å². The van der Waals surface area contributed by atoms with Gasteiger partial charge < -0.3 is 4.98 Å². The molecule has 0 aliphatic heterocycles. The van der Waals surface area contributed by atoms with Gasteiger partial charge >= 0.3 is 6.18 Å². The third-order valence-electron chi connectivity index (χ3n) is 1.83. The molecule has 0 fully saturated rings. The number of aromatic amines is 1. The number of rotatable bonds is 0. The van der Waals surface area contributed by atoms with Crippen molar-refractivity contribution in [2.45, 2.75) is 6.18 Å². The summed E-state index contributed by atoms with van der Waals surface area (Å²) in [6.45, 7) is 0. The number of fused-ring (bicyclic) bond motifs is 1. The highest BCUT2D eigenvalue weighted by molar-refractivity contribution is 5.82. The van der Waals surface area contributed by atoms with E-state index in [0.29, 0.717) is 5.39 Å². The number of hydrogen-bond acceptors (Lipinski definition) is 0. The molecule has 0 atom stereocenters. The van der Waals surface area contributed by atoms with Gasteiger partial charge in [0, 0.05) is 5.39 Å². The minimum absolute atomic E-state index is 0.0926. The molecule has 0 aliphatic carbocycles. The molecule has 0 amide bonds. The van der Waals surface area contributed by atoms with Gasteiger partial charge in [-0.1, -0.05) is 12.1 Å². The van der Waals surface area contributed by atoms with Gasteiger partial charge in [0.05, 0.1) is 17.3 Å². The highest BCUT2D eigenvalue weighted by Crippen LogP contribution is 2.33. The van der Waals surface area contributed by atoms with Gasteiger partial charge in [-0.15, -0.1) is 0 Å². The molecule has 2 aromatic rings. The van der Waals surface area contributed by atoms with E-state index >= 15 is 0 Å². The topological polar surface area (TPSA) is 15.8 Å². The molecular formula is C9H5F3N. The largest absolute Gasteiger partial charge is 0.418 e. The van der Waals surface area contributed by atoms with E-state index in [1.54, 1.807) is 6.07 Å². The maximum absolute atomic E-state index is 12.4. The molecule has 0 bridgehead atoms. The zero-order valence-corrected chi connectivity index (χ0v) is 6.44. The van der Waals surface area contributed by atoms with Crippen LogP contribution >= 0.6 is 0 Å². The molecule has 67 valence electrons. The number of para-hydroxylation sites is 1. The number of nitrogens with one attached hydrogen (secondary N) is 1. The molecule has 1 heterocycles. The molecule has 2 rings (SSSR count). The molecular weight excluding hydrogens is 179 g/mol. The first-order chi connectivity index (χ1) is 6.09.